The zero-order valence-corrected chi connectivity index (χ0v) is 18.6. The summed E-state index contributed by atoms with van der Waals surface area (Å²) in [6.07, 6.45) is 5.69. The summed E-state index contributed by atoms with van der Waals surface area (Å²) in [6.45, 7) is 1.07. The van der Waals surface area contributed by atoms with Crippen LogP contribution in [0.5, 0.6) is 0 Å². The summed E-state index contributed by atoms with van der Waals surface area (Å²) in [5.74, 6) is 2.33. The maximum Gasteiger partial charge on any atom is 0.229 e. The van der Waals surface area contributed by atoms with Crippen LogP contribution in [0.3, 0.4) is 0 Å². The highest BCUT2D eigenvalue weighted by atomic mass is 35.5. The molecule has 0 spiro atoms. The second kappa shape index (κ2) is 9.07. The van der Waals surface area contributed by atoms with Crippen molar-refractivity contribution in [3.05, 3.63) is 23.6 Å². The first-order valence-corrected chi connectivity index (χ1v) is 11.7. The molecule has 0 aromatic carbocycles. The van der Waals surface area contributed by atoms with Gasteiger partial charge in [-0.1, -0.05) is 23.5 Å². The Bertz CT molecular complexity index is 915. The number of nitrogens with one attached hydrogen (secondary N) is 3. The summed E-state index contributed by atoms with van der Waals surface area (Å²) in [6, 6.07) is 0.0334. The highest BCUT2D eigenvalue weighted by Crippen LogP contribution is 2.34. The number of aryl methyl sites for hydroxylation is 1. The van der Waals surface area contributed by atoms with Crippen molar-refractivity contribution in [1.82, 2.24) is 24.5 Å². The Morgan fingerprint density at radius 2 is 2.00 bits per heavy atom. The number of halogens is 2. The van der Waals surface area contributed by atoms with Crippen molar-refractivity contribution in [2.75, 3.05) is 29.6 Å². The van der Waals surface area contributed by atoms with Crippen LogP contribution in [0.25, 0.3) is 0 Å². The molecule has 3 fully saturated rings. The lowest BCUT2D eigenvalue weighted by molar-refractivity contribution is 0.0692. The fourth-order valence-corrected chi connectivity index (χ4v) is 5.27. The summed E-state index contributed by atoms with van der Waals surface area (Å²) < 4.78 is 30.1. The van der Waals surface area contributed by atoms with Gasteiger partial charge in [-0.25, -0.2) is 9.37 Å². The Hall–Kier alpha value is -1.66. The zero-order chi connectivity index (χ0) is 21.4. The van der Waals surface area contributed by atoms with Crippen molar-refractivity contribution >= 4 is 41.0 Å². The van der Waals surface area contributed by atoms with Gasteiger partial charge in [-0.15, -0.1) is 0 Å². The van der Waals surface area contributed by atoms with Gasteiger partial charge in [-0.2, -0.15) is 10.1 Å². The van der Waals surface area contributed by atoms with E-state index in [-0.39, 0.29) is 24.3 Å². The maximum atomic E-state index is 13.0. The van der Waals surface area contributed by atoms with Crippen LogP contribution < -0.4 is 15.4 Å². The molecule has 2 aromatic heterocycles. The van der Waals surface area contributed by atoms with E-state index in [1.54, 1.807) is 29.0 Å². The lowest BCUT2D eigenvalue weighted by atomic mass is 9.85. The zero-order valence-electron chi connectivity index (χ0n) is 17.0. The number of hydrogen-bond donors (Lipinski definition) is 3. The van der Waals surface area contributed by atoms with Crippen LogP contribution in [0.1, 0.15) is 12.8 Å². The van der Waals surface area contributed by atoms with E-state index >= 15 is 0 Å². The average Bonchev–Trinajstić information content (AvgIpc) is 3.42. The molecule has 4 atom stereocenters. The number of hydrogen-bond acceptors (Lipinski definition) is 9. The normalized spacial score (nSPS) is 32.0. The maximum absolute atomic E-state index is 13.0. The molecule has 31 heavy (non-hydrogen) atoms. The largest absolute Gasteiger partial charge is 0.371 e. The van der Waals surface area contributed by atoms with E-state index in [1.165, 1.54) is 0 Å². The van der Waals surface area contributed by atoms with Crippen LogP contribution in [0.4, 0.5) is 21.8 Å². The molecule has 5 rings (SSSR count). The van der Waals surface area contributed by atoms with Crippen LogP contribution in [-0.4, -0.2) is 69.2 Å². The van der Waals surface area contributed by atoms with Crippen molar-refractivity contribution in [2.24, 2.45) is 13.0 Å². The first-order chi connectivity index (χ1) is 15.0. The molecule has 0 radical (unpaired) electrons. The minimum atomic E-state index is -0.608. The molecule has 12 heteroatoms. The summed E-state index contributed by atoms with van der Waals surface area (Å²) in [5.41, 5.74) is 0.787. The third-order valence-electron chi connectivity index (χ3n) is 5.81. The first-order valence-electron chi connectivity index (χ1n) is 10.3. The van der Waals surface area contributed by atoms with Crippen LogP contribution in [0, 0.1) is 5.92 Å². The highest BCUT2D eigenvalue weighted by Gasteiger charge is 2.48. The second-order valence-electron chi connectivity index (χ2n) is 8.23. The number of nitrogens with zero attached hydrogens (tertiary/aromatic N) is 4. The standard InChI is InChI=1S/C19H25ClFN7O2S/c1-28-6-12(4-23-28)24-19-22-5-13(20)18(26-19)25-14-7-29-17-15(8-30-16(14)17)27-31-9-10-2-11(21)3-10/h4-6,10-11,14-17,27H,2-3,7-9H2,1H3,(H2,22,24,25,26). The number of anilines is 3. The van der Waals surface area contributed by atoms with E-state index in [4.69, 9.17) is 21.1 Å². The van der Waals surface area contributed by atoms with Crippen LogP contribution in [0.2, 0.25) is 5.02 Å². The van der Waals surface area contributed by atoms with Crippen molar-refractivity contribution in [1.29, 1.82) is 0 Å². The average molecular weight is 470 g/mol. The van der Waals surface area contributed by atoms with Gasteiger partial charge in [0.25, 0.3) is 0 Å². The minimum absolute atomic E-state index is 0.0473. The quantitative estimate of drug-likeness (QED) is 0.504. The SMILES string of the molecule is Cn1cc(Nc2ncc(Cl)c(NC3COC4C(NSCC5CC(F)C5)COC34)n2)cn1. The number of aromatic nitrogens is 4. The molecular weight excluding hydrogens is 445 g/mol. The van der Waals surface area contributed by atoms with Crippen LogP contribution in [0.15, 0.2) is 18.6 Å². The third-order valence-corrected chi connectivity index (χ3v) is 7.20. The number of ether oxygens (including phenoxy) is 2. The highest BCUT2D eigenvalue weighted by molar-refractivity contribution is 7.97. The number of rotatable bonds is 8. The molecule has 168 valence electrons. The van der Waals surface area contributed by atoms with E-state index < -0.39 is 6.17 Å². The molecule has 3 N–H and O–H groups in total. The topological polar surface area (TPSA) is 98.2 Å². The van der Waals surface area contributed by atoms with Gasteiger partial charge in [0.05, 0.1) is 43.4 Å². The Kier molecular flexibility index (Phi) is 6.20. The van der Waals surface area contributed by atoms with E-state index in [0.717, 1.165) is 11.4 Å². The lowest BCUT2D eigenvalue weighted by Crippen LogP contribution is -2.40. The van der Waals surface area contributed by atoms with Gasteiger partial charge in [0.1, 0.15) is 23.4 Å². The predicted octanol–water partition coefficient (Wildman–Crippen LogP) is 2.54. The molecule has 2 aliphatic heterocycles. The molecule has 0 amide bonds. The minimum Gasteiger partial charge on any atom is -0.371 e. The fraction of sp³-hybridized carbons (Fsp3) is 0.632. The first kappa shape index (κ1) is 21.2. The Morgan fingerprint density at radius 1 is 1.23 bits per heavy atom. The van der Waals surface area contributed by atoms with Crippen LogP contribution in [-0.2, 0) is 16.5 Å². The van der Waals surface area contributed by atoms with Crippen molar-refractivity contribution < 1.29 is 13.9 Å². The summed E-state index contributed by atoms with van der Waals surface area (Å²) in [5, 5.41) is 11.0. The van der Waals surface area contributed by atoms with Gasteiger partial charge >= 0.3 is 0 Å². The third kappa shape index (κ3) is 4.75. The molecule has 1 aliphatic carbocycles. The predicted molar refractivity (Wildman–Crippen MR) is 117 cm³/mol. The Balaban J connectivity index is 1.16. The van der Waals surface area contributed by atoms with Gasteiger partial charge in [0, 0.05) is 19.0 Å². The molecule has 2 aromatic rings. The molecule has 1 saturated carbocycles. The second-order valence-corrected chi connectivity index (χ2v) is 9.50. The summed E-state index contributed by atoms with van der Waals surface area (Å²) in [7, 11) is 1.84. The summed E-state index contributed by atoms with van der Waals surface area (Å²) >= 11 is 7.97. The summed E-state index contributed by atoms with van der Waals surface area (Å²) in [4.78, 5) is 8.73. The molecule has 2 saturated heterocycles. The number of fused-ring (bicyclic) bond motifs is 1. The van der Waals surface area contributed by atoms with E-state index in [0.29, 0.717) is 48.8 Å². The molecule has 4 heterocycles. The molecule has 9 nitrogen and oxygen atoms in total. The van der Waals surface area contributed by atoms with E-state index in [1.807, 2.05) is 13.2 Å². The molecular formula is C19H25ClFN7O2S. The van der Waals surface area contributed by atoms with Crippen molar-refractivity contribution in [3.8, 4) is 0 Å². The van der Waals surface area contributed by atoms with Gasteiger partial charge in [0.2, 0.25) is 5.95 Å². The molecule has 3 aliphatic rings. The van der Waals surface area contributed by atoms with Crippen molar-refractivity contribution in [3.63, 3.8) is 0 Å². The molecule has 4 unspecified atom stereocenters. The lowest BCUT2D eigenvalue weighted by Gasteiger charge is -2.29. The Morgan fingerprint density at radius 3 is 2.74 bits per heavy atom. The van der Waals surface area contributed by atoms with Gasteiger partial charge in [-0.05, 0) is 18.8 Å². The van der Waals surface area contributed by atoms with E-state index in [2.05, 4.69) is 30.4 Å². The molecule has 0 bridgehead atoms. The van der Waals surface area contributed by atoms with E-state index in [9.17, 15) is 4.39 Å². The van der Waals surface area contributed by atoms with Gasteiger partial charge in [-0.3, -0.25) is 9.40 Å². The smallest absolute Gasteiger partial charge is 0.229 e. The Labute approximate surface area is 189 Å². The van der Waals surface area contributed by atoms with Crippen LogP contribution >= 0.6 is 23.5 Å². The monoisotopic (exact) mass is 469 g/mol. The van der Waals surface area contributed by atoms with Crippen molar-refractivity contribution in [2.45, 2.75) is 43.3 Å². The van der Waals surface area contributed by atoms with Gasteiger partial charge in [0.15, 0.2) is 5.82 Å². The van der Waals surface area contributed by atoms with Gasteiger partial charge < -0.3 is 20.1 Å². The number of alkyl halides is 1. The fourth-order valence-electron chi connectivity index (χ4n) is 4.11.